The van der Waals surface area contributed by atoms with E-state index in [2.05, 4.69) is 25.9 Å². The van der Waals surface area contributed by atoms with E-state index in [0.717, 1.165) is 0 Å². The number of nitrogens with two attached hydrogens (primary N) is 5. The van der Waals surface area contributed by atoms with Gasteiger partial charge < -0.3 is 49.7 Å². The number of amides is 3. The Morgan fingerprint density at radius 2 is 1.16 bits per heavy atom. The van der Waals surface area contributed by atoms with E-state index < -0.39 is 47.9 Å². The van der Waals surface area contributed by atoms with Gasteiger partial charge in [-0.25, -0.2) is 4.79 Å². The smallest absolute Gasteiger partial charge is 0.326 e. The van der Waals surface area contributed by atoms with Crippen LogP contribution >= 0.6 is 0 Å². The van der Waals surface area contributed by atoms with Gasteiger partial charge >= 0.3 is 5.97 Å². The minimum atomic E-state index is -1.18. The number of hydrogen-bond acceptors (Lipinski definition) is 7. The second-order valence-corrected chi connectivity index (χ2v) is 9.36. The normalized spacial score (nSPS) is 14.1. The number of nitrogens with one attached hydrogen (secondary N) is 3. The standard InChI is InChI=1S/C22H44N10O5/c1-11(2)15(19(35)32-16(12(3)4)20(36)37)31-18(34)14(8-6-10-29-22(26)27)30-17(33)13(23)7-5-9-28-21(24)25/h11-16H,5-10,23H2,1-4H3,(H,30,33)(H,31,34)(H,32,35)(H,36,37)(H4,24,25,28)(H4,26,27,29). The summed E-state index contributed by atoms with van der Waals surface area (Å²) in [7, 11) is 0. The number of guanidine groups is 2. The maximum absolute atomic E-state index is 13.1. The number of carboxylic acid groups (broad SMARTS) is 1. The van der Waals surface area contributed by atoms with Crippen LogP contribution in [0.1, 0.15) is 53.4 Å². The molecule has 3 amide bonds. The maximum atomic E-state index is 13.1. The molecule has 0 aromatic carbocycles. The van der Waals surface area contributed by atoms with Crippen molar-refractivity contribution >= 4 is 35.6 Å². The Kier molecular flexibility index (Phi) is 15.3. The molecular weight excluding hydrogens is 484 g/mol. The number of carbonyl (C=O) groups excluding carboxylic acids is 3. The third-order valence-corrected chi connectivity index (χ3v) is 5.36. The van der Waals surface area contributed by atoms with Crippen LogP contribution in [0.5, 0.6) is 0 Å². The Hall–Kier alpha value is -3.62. The Morgan fingerprint density at radius 1 is 0.703 bits per heavy atom. The van der Waals surface area contributed by atoms with E-state index in [-0.39, 0.29) is 43.1 Å². The average molecular weight is 529 g/mol. The van der Waals surface area contributed by atoms with Gasteiger partial charge in [0.05, 0.1) is 6.04 Å². The largest absolute Gasteiger partial charge is 0.480 e. The molecule has 4 unspecified atom stereocenters. The highest BCUT2D eigenvalue weighted by molar-refractivity contribution is 5.94. The van der Waals surface area contributed by atoms with Gasteiger partial charge in [0.25, 0.3) is 0 Å². The van der Waals surface area contributed by atoms with E-state index >= 15 is 0 Å². The predicted molar refractivity (Wildman–Crippen MR) is 141 cm³/mol. The molecule has 0 aliphatic carbocycles. The van der Waals surface area contributed by atoms with Crippen molar-refractivity contribution in [3.63, 3.8) is 0 Å². The quantitative estimate of drug-likeness (QED) is 0.0533. The molecular formula is C22H44N10O5. The highest BCUT2D eigenvalue weighted by Crippen LogP contribution is 2.09. The van der Waals surface area contributed by atoms with Crippen molar-refractivity contribution in [2.75, 3.05) is 13.1 Å². The summed E-state index contributed by atoms with van der Waals surface area (Å²) in [6, 6.07) is -4.13. The van der Waals surface area contributed by atoms with Gasteiger partial charge in [0.15, 0.2) is 11.9 Å². The van der Waals surface area contributed by atoms with Crippen LogP contribution in [0.3, 0.4) is 0 Å². The van der Waals surface area contributed by atoms with Crippen molar-refractivity contribution in [1.29, 1.82) is 0 Å². The fourth-order valence-corrected chi connectivity index (χ4v) is 3.25. The van der Waals surface area contributed by atoms with Crippen molar-refractivity contribution in [1.82, 2.24) is 16.0 Å². The van der Waals surface area contributed by atoms with Gasteiger partial charge in [-0.05, 0) is 37.5 Å². The SMILES string of the molecule is CC(C)C(NC(=O)C(NC(=O)C(CCCN=C(N)N)NC(=O)C(N)CCCN=C(N)N)C(C)C)C(=O)O. The number of aliphatic carboxylic acids is 1. The lowest BCUT2D eigenvalue weighted by Crippen LogP contribution is -2.59. The molecule has 14 N–H and O–H groups in total. The van der Waals surface area contributed by atoms with Crippen LogP contribution in [-0.2, 0) is 19.2 Å². The fraction of sp³-hybridized carbons (Fsp3) is 0.727. The Balaban J connectivity index is 5.48. The number of hydrogen-bond donors (Lipinski definition) is 9. The van der Waals surface area contributed by atoms with Crippen LogP contribution in [0.4, 0.5) is 0 Å². The van der Waals surface area contributed by atoms with E-state index in [1.165, 1.54) is 0 Å². The van der Waals surface area contributed by atoms with E-state index in [1.54, 1.807) is 27.7 Å². The minimum absolute atomic E-state index is 0.0673. The summed E-state index contributed by atoms with van der Waals surface area (Å²) < 4.78 is 0. The van der Waals surface area contributed by atoms with E-state index in [1.807, 2.05) is 0 Å². The molecule has 0 heterocycles. The summed E-state index contributed by atoms with van der Waals surface area (Å²) in [5.41, 5.74) is 27.2. The molecule has 0 saturated heterocycles. The first-order valence-corrected chi connectivity index (χ1v) is 12.2. The summed E-state index contributed by atoms with van der Waals surface area (Å²) in [4.78, 5) is 57.9. The highest BCUT2D eigenvalue weighted by Gasteiger charge is 2.32. The van der Waals surface area contributed by atoms with Crippen LogP contribution in [0, 0.1) is 11.8 Å². The minimum Gasteiger partial charge on any atom is -0.480 e. The highest BCUT2D eigenvalue weighted by atomic mass is 16.4. The second kappa shape index (κ2) is 16.9. The van der Waals surface area contributed by atoms with Crippen molar-refractivity contribution in [2.45, 2.75) is 77.5 Å². The molecule has 0 rings (SSSR count). The molecule has 4 atom stereocenters. The summed E-state index contributed by atoms with van der Waals surface area (Å²) in [5, 5.41) is 17.1. The van der Waals surface area contributed by atoms with Gasteiger partial charge in [0.2, 0.25) is 17.7 Å². The first-order chi connectivity index (χ1) is 17.2. The molecule has 37 heavy (non-hydrogen) atoms. The van der Waals surface area contributed by atoms with E-state index in [4.69, 9.17) is 28.7 Å². The van der Waals surface area contributed by atoms with Crippen molar-refractivity contribution in [3.8, 4) is 0 Å². The summed E-state index contributed by atoms with van der Waals surface area (Å²) in [6.45, 7) is 7.23. The lowest BCUT2D eigenvalue weighted by atomic mass is 9.99. The molecule has 0 aromatic rings. The molecule has 212 valence electrons. The van der Waals surface area contributed by atoms with E-state index in [9.17, 15) is 24.3 Å². The van der Waals surface area contributed by atoms with Gasteiger partial charge in [-0.3, -0.25) is 24.4 Å². The molecule has 0 aromatic heterocycles. The number of carbonyl (C=O) groups is 4. The van der Waals surface area contributed by atoms with Gasteiger partial charge in [-0.15, -0.1) is 0 Å². The molecule has 0 aliphatic rings. The molecule has 0 bridgehead atoms. The molecule has 0 saturated carbocycles. The lowest BCUT2D eigenvalue weighted by molar-refractivity contribution is -0.143. The number of rotatable bonds is 17. The van der Waals surface area contributed by atoms with Gasteiger partial charge in [-0.1, -0.05) is 27.7 Å². The first-order valence-electron chi connectivity index (χ1n) is 12.2. The topological polar surface area (TPSA) is 279 Å². The number of carboxylic acids is 1. The summed E-state index contributed by atoms with van der Waals surface area (Å²) >= 11 is 0. The summed E-state index contributed by atoms with van der Waals surface area (Å²) in [5.74, 6) is -3.95. The average Bonchev–Trinajstić information content (AvgIpc) is 2.78. The predicted octanol–water partition coefficient (Wildman–Crippen LogP) is -2.73. The Morgan fingerprint density at radius 3 is 1.59 bits per heavy atom. The lowest BCUT2D eigenvalue weighted by Gasteiger charge is -2.28. The van der Waals surface area contributed by atoms with Gasteiger partial charge in [0, 0.05) is 13.1 Å². The van der Waals surface area contributed by atoms with Crippen LogP contribution in [-0.4, -0.2) is 78.0 Å². The van der Waals surface area contributed by atoms with Crippen LogP contribution < -0.4 is 44.6 Å². The van der Waals surface area contributed by atoms with Crippen molar-refractivity contribution < 1.29 is 24.3 Å². The fourth-order valence-electron chi connectivity index (χ4n) is 3.25. The molecule has 0 spiro atoms. The molecule has 0 radical (unpaired) electrons. The Bertz CT molecular complexity index is 823. The zero-order valence-corrected chi connectivity index (χ0v) is 22.1. The molecule has 15 nitrogen and oxygen atoms in total. The van der Waals surface area contributed by atoms with Crippen LogP contribution in [0.2, 0.25) is 0 Å². The van der Waals surface area contributed by atoms with Crippen LogP contribution in [0.25, 0.3) is 0 Å². The molecule has 15 heteroatoms. The zero-order valence-electron chi connectivity index (χ0n) is 22.1. The van der Waals surface area contributed by atoms with Crippen molar-refractivity contribution in [3.05, 3.63) is 0 Å². The molecule has 0 aliphatic heterocycles. The Labute approximate surface area is 217 Å². The third kappa shape index (κ3) is 13.9. The van der Waals surface area contributed by atoms with Gasteiger partial charge in [-0.2, -0.15) is 0 Å². The monoisotopic (exact) mass is 528 g/mol. The van der Waals surface area contributed by atoms with Crippen molar-refractivity contribution in [2.24, 2.45) is 50.5 Å². The maximum Gasteiger partial charge on any atom is 0.326 e. The zero-order chi connectivity index (χ0) is 28.7. The van der Waals surface area contributed by atoms with E-state index in [0.29, 0.717) is 19.4 Å². The van der Waals surface area contributed by atoms with Gasteiger partial charge in [0.1, 0.15) is 18.1 Å². The third-order valence-electron chi connectivity index (χ3n) is 5.36. The molecule has 0 fully saturated rings. The summed E-state index contributed by atoms with van der Waals surface area (Å²) in [6.07, 6.45) is 1.23. The number of aliphatic imine (C=N–C) groups is 2. The van der Waals surface area contributed by atoms with Crippen LogP contribution in [0.15, 0.2) is 9.98 Å². The first kappa shape index (κ1) is 33.4. The number of nitrogens with zero attached hydrogens (tertiary/aromatic N) is 2. The second-order valence-electron chi connectivity index (χ2n) is 9.36.